The number of phenols is 1. The maximum absolute atomic E-state index is 12.4. The van der Waals surface area contributed by atoms with Crippen LogP contribution in [0, 0.1) is 0 Å². The van der Waals surface area contributed by atoms with Crippen molar-refractivity contribution in [3.63, 3.8) is 0 Å². The van der Waals surface area contributed by atoms with Crippen LogP contribution in [-0.4, -0.2) is 24.0 Å². The molecule has 0 aromatic heterocycles. The molecule has 5 nitrogen and oxygen atoms in total. The van der Waals surface area contributed by atoms with Crippen LogP contribution in [0.4, 0.5) is 16.2 Å². The molecule has 0 aliphatic heterocycles. The molecule has 0 saturated carbocycles. The summed E-state index contributed by atoms with van der Waals surface area (Å²) < 4.78 is 0. The van der Waals surface area contributed by atoms with Crippen LogP contribution in [0.25, 0.3) is 10.8 Å². The zero-order chi connectivity index (χ0) is 18.0. The van der Waals surface area contributed by atoms with E-state index in [0.717, 1.165) is 16.5 Å². The van der Waals surface area contributed by atoms with Crippen molar-refractivity contribution in [3.8, 4) is 5.75 Å². The van der Waals surface area contributed by atoms with Crippen molar-refractivity contribution in [1.82, 2.24) is 0 Å². The first-order valence-electron chi connectivity index (χ1n) is 7.82. The maximum atomic E-state index is 12.4. The molecule has 0 unspecified atom stereocenters. The number of phenolic OH excluding ortho intramolecular Hbond substituents is 1. The summed E-state index contributed by atoms with van der Waals surface area (Å²) in [6.07, 6.45) is 0. The Hall–Kier alpha value is -3.34. The van der Waals surface area contributed by atoms with Gasteiger partial charge in [-0.1, -0.05) is 18.2 Å². The average Bonchev–Trinajstić information content (AvgIpc) is 2.62. The topological polar surface area (TPSA) is 69.6 Å². The van der Waals surface area contributed by atoms with Crippen molar-refractivity contribution in [3.05, 3.63) is 66.2 Å². The smallest absolute Gasteiger partial charge is 0.326 e. The quantitative estimate of drug-likeness (QED) is 0.550. The molecule has 3 rings (SSSR count). The summed E-state index contributed by atoms with van der Waals surface area (Å²) in [6, 6.07) is 17.1. The fourth-order valence-corrected chi connectivity index (χ4v) is 2.53. The Balaban J connectivity index is 1.82. The summed E-state index contributed by atoms with van der Waals surface area (Å²) in [4.78, 5) is 25.4. The van der Waals surface area contributed by atoms with Crippen LogP contribution in [0.5, 0.6) is 5.75 Å². The van der Waals surface area contributed by atoms with Crippen molar-refractivity contribution >= 4 is 34.0 Å². The monoisotopic (exact) mass is 334 g/mol. The van der Waals surface area contributed by atoms with Gasteiger partial charge in [-0.05, 0) is 60.2 Å². The molecule has 0 aliphatic carbocycles. The number of benzene rings is 3. The minimum absolute atomic E-state index is 0.0244. The highest BCUT2D eigenvalue weighted by Crippen LogP contribution is 2.24. The highest BCUT2D eigenvalue weighted by atomic mass is 16.3. The predicted molar refractivity (Wildman–Crippen MR) is 99.5 cm³/mol. The first kappa shape index (κ1) is 16.5. The second-order valence-corrected chi connectivity index (χ2v) is 5.84. The Bertz CT molecular complexity index is 949. The lowest BCUT2D eigenvalue weighted by Gasteiger charge is -2.19. The van der Waals surface area contributed by atoms with E-state index in [1.807, 2.05) is 30.3 Å². The Morgan fingerprint density at radius 1 is 0.920 bits per heavy atom. The Kier molecular flexibility index (Phi) is 4.39. The Morgan fingerprint density at radius 3 is 2.24 bits per heavy atom. The van der Waals surface area contributed by atoms with Gasteiger partial charge >= 0.3 is 6.03 Å². The van der Waals surface area contributed by atoms with E-state index >= 15 is 0 Å². The number of hydrogen-bond donors (Lipinski definition) is 2. The number of rotatable bonds is 3. The van der Waals surface area contributed by atoms with Crippen LogP contribution in [-0.2, 0) is 0 Å². The Labute approximate surface area is 145 Å². The van der Waals surface area contributed by atoms with Gasteiger partial charge in [-0.15, -0.1) is 0 Å². The second kappa shape index (κ2) is 6.65. The molecule has 25 heavy (non-hydrogen) atoms. The first-order valence-corrected chi connectivity index (χ1v) is 7.82. The lowest BCUT2D eigenvalue weighted by atomic mass is 10.0. The largest absolute Gasteiger partial charge is 0.508 e. The lowest BCUT2D eigenvalue weighted by molar-refractivity contribution is 0.101. The number of carbonyl (C=O) groups is 2. The van der Waals surface area contributed by atoms with Gasteiger partial charge in [0.05, 0.1) is 0 Å². The molecule has 0 bridgehead atoms. The number of amides is 2. The standard InChI is InChI=1S/C20H18N2O3/c1-13(23)14-3-4-16-12-18(8-5-15(16)11-14)22(2)20(25)21-17-6-9-19(24)10-7-17/h3-12,24H,1-2H3,(H,21,25). The van der Waals surface area contributed by atoms with Crippen molar-refractivity contribution in [2.45, 2.75) is 6.92 Å². The van der Waals surface area contributed by atoms with Crippen LogP contribution in [0.1, 0.15) is 17.3 Å². The molecule has 0 heterocycles. The fraction of sp³-hybridized carbons (Fsp3) is 0.100. The maximum Gasteiger partial charge on any atom is 0.326 e. The number of aromatic hydroxyl groups is 1. The normalized spacial score (nSPS) is 10.5. The zero-order valence-corrected chi connectivity index (χ0v) is 14.0. The number of nitrogens with one attached hydrogen (secondary N) is 1. The highest BCUT2D eigenvalue weighted by Gasteiger charge is 2.12. The predicted octanol–water partition coefficient (Wildman–Crippen LogP) is 4.42. The minimum Gasteiger partial charge on any atom is -0.508 e. The van der Waals surface area contributed by atoms with Crippen LogP contribution in [0.3, 0.4) is 0 Å². The van der Waals surface area contributed by atoms with Crippen molar-refractivity contribution in [2.75, 3.05) is 17.3 Å². The van der Waals surface area contributed by atoms with Gasteiger partial charge in [0.25, 0.3) is 0 Å². The molecule has 3 aromatic carbocycles. The van der Waals surface area contributed by atoms with Gasteiger partial charge in [0.1, 0.15) is 5.75 Å². The molecule has 0 spiro atoms. The Morgan fingerprint density at radius 2 is 1.56 bits per heavy atom. The van der Waals surface area contributed by atoms with E-state index in [1.54, 1.807) is 25.2 Å². The number of nitrogens with zero attached hydrogens (tertiary/aromatic N) is 1. The summed E-state index contributed by atoms with van der Waals surface area (Å²) in [5.41, 5.74) is 2.00. The van der Waals surface area contributed by atoms with Gasteiger partial charge in [-0.2, -0.15) is 0 Å². The van der Waals surface area contributed by atoms with Crippen molar-refractivity contribution < 1.29 is 14.7 Å². The number of fused-ring (bicyclic) bond motifs is 1. The number of anilines is 2. The van der Waals surface area contributed by atoms with Crippen LogP contribution in [0.2, 0.25) is 0 Å². The van der Waals surface area contributed by atoms with Crippen molar-refractivity contribution in [1.29, 1.82) is 0 Å². The van der Waals surface area contributed by atoms with Crippen molar-refractivity contribution in [2.24, 2.45) is 0 Å². The van der Waals surface area contributed by atoms with Crippen LogP contribution < -0.4 is 10.2 Å². The molecule has 0 aliphatic rings. The number of hydrogen-bond acceptors (Lipinski definition) is 3. The third kappa shape index (κ3) is 3.61. The highest BCUT2D eigenvalue weighted by molar-refractivity contribution is 6.03. The number of urea groups is 1. The second-order valence-electron chi connectivity index (χ2n) is 5.84. The van der Waals surface area contributed by atoms with E-state index in [-0.39, 0.29) is 17.6 Å². The van der Waals surface area contributed by atoms with E-state index in [4.69, 9.17) is 0 Å². The van der Waals surface area contributed by atoms with Crippen LogP contribution in [0.15, 0.2) is 60.7 Å². The summed E-state index contributed by atoms with van der Waals surface area (Å²) in [7, 11) is 1.68. The molecule has 5 heteroatoms. The van der Waals surface area contributed by atoms with Crippen LogP contribution >= 0.6 is 0 Å². The fourth-order valence-electron chi connectivity index (χ4n) is 2.53. The molecule has 126 valence electrons. The molecule has 0 radical (unpaired) electrons. The summed E-state index contributed by atoms with van der Waals surface area (Å²) in [5, 5.41) is 14.0. The number of ketones is 1. The molecule has 0 fully saturated rings. The van der Waals surface area contributed by atoms with E-state index in [1.165, 1.54) is 24.0 Å². The first-order chi connectivity index (χ1) is 11.9. The van der Waals surface area contributed by atoms with Gasteiger partial charge in [0.15, 0.2) is 5.78 Å². The van der Waals surface area contributed by atoms with E-state index in [0.29, 0.717) is 11.3 Å². The van der Waals surface area contributed by atoms with Gasteiger partial charge < -0.3 is 10.4 Å². The number of carbonyl (C=O) groups excluding carboxylic acids is 2. The molecular formula is C20H18N2O3. The van der Waals surface area contributed by atoms with Gasteiger partial charge in [0.2, 0.25) is 0 Å². The summed E-state index contributed by atoms with van der Waals surface area (Å²) in [5.74, 6) is 0.169. The third-order valence-corrected chi connectivity index (χ3v) is 4.04. The minimum atomic E-state index is -0.287. The van der Waals surface area contributed by atoms with E-state index < -0.39 is 0 Å². The lowest BCUT2D eigenvalue weighted by Crippen LogP contribution is -2.31. The van der Waals surface area contributed by atoms with Gasteiger partial charge in [0, 0.05) is 24.0 Å². The molecule has 0 atom stereocenters. The SMILES string of the molecule is CC(=O)c1ccc2cc(N(C)C(=O)Nc3ccc(O)cc3)ccc2c1. The van der Waals surface area contributed by atoms with Gasteiger partial charge in [-0.25, -0.2) is 4.79 Å². The average molecular weight is 334 g/mol. The zero-order valence-electron chi connectivity index (χ0n) is 14.0. The summed E-state index contributed by atoms with van der Waals surface area (Å²) >= 11 is 0. The van der Waals surface area contributed by atoms with E-state index in [2.05, 4.69) is 5.32 Å². The molecule has 2 amide bonds. The third-order valence-electron chi connectivity index (χ3n) is 4.04. The summed E-state index contributed by atoms with van der Waals surface area (Å²) in [6.45, 7) is 1.54. The number of Topliss-reactive ketones (excluding diaryl/α,β-unsaturated/α-hetero) is 1. The van der Waals surface area contributed by atoms with Gasteiger partial charge in [-0.3, -0.25) is 9.69 Å². The van der Waals surface area contributed by atoms with E-state index in [9.17, 15) is 14.7 Å². The molecule has 3 aromatic rings. The molecular weight excluding hydrogens is 316 g/mol. The molecule has 2 N–H and O–H groups in total. The molecule has 0 saturated heterocycles.